The molecule has 0 unspecified atom stereocenters. The summed E-state index contributed by atoms with van der Waals surface area (Å²) in [7, 11) is 0. The van der Waals surface area contributed by atoms with Gasteiger partial charge in [0.05, 0.1) is 24.1 Å². The van der Waals surface area contributed by atoms with E-state index in [9.17, 15) is 24.3 Å². The minimum absolute atomic E-state index is 0.283. The van der Waals surface area contributed by atoms with E-state index >= 15 is 0 Å². The van der Waals surface area contributed by atoms with Crippen molar-refractivity contribution in [2.24, 2.45) is 11.8 Å². The van der Waals surface area contributed by atoms with E-state index in [1.54, 1.807) is 24.3 Å². The van der Waals surface area contributed by atoms with Gasteiger partial charge in [0.15, 0.2) is 0 Å². The quantitative estimate of drug-likeness (QED) is 0.375. The number of nitrogens with zero attached hydrogens (tertiary/aromatic N) is 1. The second-order valence-electron chi connectivity index (χ2n) is 7.84. The van der Waals surface area contributed by atoms with E-state index < -0.39 is 53.7 Å². The molecule has 3 heterocycles. The highest BCUT2D eigenvalue weighted by atomic mass is 16.5. The van der Waals surface area contributed by atoms with Crippen LogP contribution in [0.3, 0.4) is 0 Å². The smallest absolute Gasteiger partial charge is 0.308 e. The van der Waals surface area contributed by atoms with Crippen molar-refractivity contribution in [2.75, 3.05) is 16.8 Å². The number of para-hydroxylation sites is 1. The fourth-order valence-corrected chi connectivity index (χ4v) is 5.00. The average molecular weight is 421 g/mol. The number of carbonyl (C=O) groups is 4. The Morgan fingerprint density at radius 2 is 1.81 bits per heavy atom. The zero-order valence-corrected chi connectivity index (χ0v) is 16.5. The molecule has 2 saturated heterocycles. The van der Waals surface area contributed by atoms with E-state index in [4.69, 9.17) is 4.74 Å². The molecule has 3 N–H and O–H groups in total. The van der Waals surface area contributed by atoms with Crippen LogP contribution in [0.2, 0.25) is 0 Å². The molecule has 31 heavy (non-hydrogen) atoms. The Morgan fingerprint density at radius 3 is 2.48 bits per heavy atom. The van der Waals surface area contributed by atoms with E-state index in [1.165, 1.54) is 31.2 Å². The third-order valence-electron chi connectivity index (χ3n) is 6.18. The third-order valence-corrected chi connectivity index (χ3v) is 6.18. The van der Waals surface area contributed by atoms with E-state index in [0.717, 1.165) is 4.90 Å². The van der Waals surface area contributed by atoms with Crippen molar-refractivity contribution in [3.05, 3.63) is 54.1 Å². The third kappa shape index (κ3) is 2.57. The number of hydrogen-bond donors (Lipinski definition) is 3. The normalized spacial score (nSPS) is 28.6. The predicted octanol–water partition coefficient (Wildman–Crippen LogP) is 0.529. The van der Waals surface area contributed by atoms with Crippen molar-refractivity contribution in [2.45, 2.75) is 18.5 Å². The lowest BCUT2D eigenvalue weighted by molar-refractivity contribution is -0.132. The molecule has 2 aromatic rings. The van der Waals surface area contributed by atoms with Crippen molar-refractivity contribution in [1.82, 2.24) is 5.32 Å². The van der Waals surface area contributed by atoms with Gasteiger partial charge in [0, 0.05) is 24.2 Å². The number of aliphatic hydroxyl groups excluding tert-OH is 1. The van der Waals surface area contributed by atoms with Crippen molar-refractivity contribution >= 4 is 35.1 Å². The number of anilines is 2. The number of imide groups is 1. The van der Waals surface area contributed by atoms with Crippen LogP contribution in [0.25, 0.3) is 0 Å². The van der Waals surface area contributed by atoms with Crippen LogP contribution in [0.15, 0.2) is 48.5 Å². The summed E-state index contributed by atoms with van der Waals surface area (Å²) in [5.74, 6) is -3.54. The zero-order chi connectivity index (χ0) is 21.9. The van der Waals surface area contributed by atoms with Gasteiger partial charge >= 0.3 is 5.97 Å². The summed E-state index contributed by atoms with van der Waals surface area (Å²) in [6, 6.07) is 12.2. The molecular formula is C22H19N3O6. The molecular weight excluding hydrogens is 402 g/mol. The summed E-state index contributed by atoms with van der Waals surface area (Å²) in [6.45, 7) is 0.866. The monoisotopic (exact) mass is 421 g/mol. The molecule has 5 rings (SSSR count). The Kier molecular flexibility index (Phi) is 4.21. The maximum Gasteiger partial charge on any atom is 0.308 e. The van der Waals surface area contributed by atoms with E-state index in [0.29, 0.717) is 16.9 Å². The first-order chi connectivity index (χ1) is 14.9. The maximum atomic E-state index is 13.6. The molecule has 4 atom stereocenters. The van der Waals surface area contributed by atoms with Crippen molar-refractivity contribution < 1.29 is 29.0 Å². The van der Waals surface area contributed by atoms with Crippen LogP contribution < -0.4 is 20.3 Å². The first-order valence-corrected chi connectivity index (χ1v) is 9.84. The topological polar surface area (TPSA) is 125 Å². The van der Waals surface area contributed by atoms with Crippen LogP contribution in [0.1, 0.15) is 12.5 Å². The minimum atomic E-state index is -1.44. The number of fused-ring (bicyclic) bond motifs is 4. The van der Waals surface area contributed by atoms with Crippen molar-refractivity contribution in [3.63, 3.8) is 0 Å². The van der Waals surface area contributed by atoms with Crippen molar-refractivity contribution in [3.8, 4) is 5.75 Å². The fourth-order valence-electron chi connectivity index (χ4n) is 5.00. The van der Waals surface area contributed by atoms with Gasteiger partial charge in [-0.1, -0.05) is 18.2 Å². The van der Waals surface area contributed by atoms with Gasteiger partial charge < -0.3 is 15.2 Å². The summed E-state index contributed by atoms with van der Waals surface area (Å²) < 4.78 is 5.00. The predicted molar refractivity (Wildman–Crippen MR) is 108 cm³/mol. The largest absolute Gasteiger partial charge is 0.427 e. The molecule has 9 nitrogen and oxygen atoms in total. The van der Waals surface area contributed by atoms with Crippen LogP contribution >= 0.6 is 0 Å². The summed E-state index contributed by atoms with van der Waals surface area (Å²) in [4.78, 5) is 52.2. The highest BCUT2D eigenvalue weighted by Gasteiger charge is 2.70. The van der Waals surface area contributed by atoms with Crippen LogP contribution in [-0.2, 0) is 24.7 Å². The lowest BCUT2D eigenvalue weighted by atomic mass is 9.76. The SMILES string of the molecule is CC(=O)Oc1ccc(N2C(=O)[C@H]3[C@@H](C2=O)[C@@]2(N[C@@H]3CO)C(=O)Nc3ccccc32)cc1. The van der Waals surface area contributed by atoms with Gasteiger partial charge in [-0.2, -0.15) is 0 Å². The van der Waals surface area contributed by atoms with Crippen LogP contribution in [0.5, 0.6) is 5.75 Å². The molecule has 2 fully saturated rings. The molecule has 0 bridgehead atoms. The van der Waals surface area contributed by atoms with E-state index in [2.05, 4.69) is 10.6 Å². The Hall–Kier alpha value is -3.56. The Balaban J connectivity index is 1.58. The molecule has 0 radical (unpaired) electrons. The summed E-state index contributed by atoms with van der Waals surface area (Å²) >= 11 is 0. The van der Waals surface area contributed by atoms with Gasteiger partial charge in [-0.05, 0) is 30.3 Å². The van der Waals surface area contributed by atoms with Crippen LogP contribution in [0, 0.1) is 11.8 Å². The molecule has 9 heteroatoms. The number of rotatable bonds is 3. The average Bonchev–Trinajstić information content (AvgIpc) is 3.33. The number of carbonyl (C=O) groups excluding carboxylic acids is 4. The standard InChI is InChI=1S/C22H19N3O6/c1-11(27)31-13-8-6-12(7-9-13)25-19(28)17-16(10-26)24-22(18(17)20(25)29)14-4-2-3-5-15(14)23-21(22)30/h2-9,16-18,24,26H,10H2,1H3,(H,23,30)/t16-,17-,18+,22-/m1/s1. The molecule has 1 spiro atoms. The van der Waals surface area contributed by atoms with Crippen LogP contribution in [0.4, 0.5) is 11.4 Å². The fraction of sp³-hybridized carbons (Fsp3) is 0.273. The molecule has 0 aromatic heterocycles. The van der Waals surface area contributed by atoms with Crippen LogP contribution in [-0.4, -0.2) is 41.4 Å². The number of hydrogen-bond acceptors (Lipinski definition) is 7. The van der Waals surface area contributed by atoms with Gasteiger partial charge in [-0.15, -0.1) is 0 Å². The van der Waals surface area contributed by atoms with Gasteiger partial charge in [0.25, 0.3) is 0 Å². The highest BCUT2D eigenvalue weighted by Crippen LogP contribution is 2.53. The summed E-state index contributed by atoms with van der Waals surface area (Å²) in [5, 5.41) is 15.8. The molecule has 2 aromatic carbocycles. The number of amides is 3. The molecule has 3 aliphatic rings. The zero-order valence-electron chi connectivity index (χ0n) is 16.5. The number of nitrogens with one attached hydrogen (secondary N) is 2. The lowest BCUT2D eigenvalue weighted by Crippen LogP contribution is -2.53. The minimum Gasteiger partial charge on any atom is -0.427 e. The first kappa shape index (κ1) is 19.4. The van der Waals surface area contributed by atoms with Gasteiger partial charge in [0.1, 0.15) is 11.3 Å². The first-order valence-electron chi connectivity index (χ1n) is 9.84. The number of esters is 1. The summed E-state index contributed by atoms with van der Waals surface area (Å²) in [6.07, 6.45) is 0. The number of aliphatic hydroxyl groups is 1. The highest BCUT2D eigenvalue weighted by molar-refractivity contribution is 6.25. The molecule has 158 valence electrons. The maximum absolute atomic E-state index is 13.6. The second kappa shape index (κ2) is 6.73. The summed E-state index contributed by atoms with van der Waals surface area (Å²) in [5.41, 5.74) is 0.0214. The second-order valence-corrected chi connectivity index (χ2v) is 7.84. The Morgan fingerprint density at radius 1 is 1.10 bits per heavy atom. The molecule has 0 aliphatic carbocycles. The molecule has 3 aliphatic heterocycles. The Labute approximate surface area is 177 Å². The van der Waals surface area contributed by atoms with Gasteiger partial charge in [0.2, 0.25) is 17.7 Å². The number of benzene rings is 2. The van der Waals surface area contributed by atoms with E-state index in [-0.39, 0.29) is 5.75 Å². The molecule has 0 saturated carbocycles. The van der Waals surface area contributed by atoms with E-state index in [1.807, 2.05) is 0 Å². The lowest BCUT2D eigenvalue weighted by Gasteiger charge is -2.29. The number of ether oxygens (including phenoxy) is 1. The van der Waals surface area contributed by atoms with Gasteiger partial charge in [-0.3, -0.25) is 24.5 Å². The van der Waals surface area contributed by atoms with Gasteiger partial charge in [-0.25, -0.2) is 4.90 Å². The van der Waals surface area contributed by atoms with Crippen molar-refractivity contribution in [1.29, 1.82) is 0 Å². The molecule has 3 amide bonds. The Bertz CT molecular complexity index is 1130.